The molecule has 116 valence electrons. The Bertz CT molecular complexity index is 457. The first-order valence-corrected chi connectivity index (χ1v) is 8.79. The van der Waals surface area contributed by atoms with Crippen molar-refractivity contribution in [2.75, 3.05) is 24.5 Å². The first-order valence-electron chi connectivity index (χ1n) is 8.79. The molecule has 21 heavy (non-hydrogen) atoms. The topological polar surface area (TPSA) is 15.3 Å². The maximum absolute atomic E-state index is 3.55. The van der Waals surface area contributed by atoms with Gasteiger partial charge in [-0.05, 0) is 69.2 Å². The molecule has 1 N–H and O–H groups in total. The highest BCUT2D eigenvalue weighted by Gasteiger charge is 2.35. The minimum atomic E-state index is 0.526. The third-order valence-electron chi connectivity index (χ3n) is 5.61. The number of aryl methyl sites for hydroxylation is 1. The van der Waals surface area contributed by atoms with Crippen molar-refractivity contribution in [3.63, 3.8) is 0 Å². The molecule has 1 unspecified atom stereocenters. The van der Waals surface area contributed by atoms with Crippen LogP contribution < -0.4 is 10.2 Å². The molecule has 2 nitrogen and oxygen atoms in total. The van der Waals surface area contributed by atoms with Crippen LogP contribution in [0.1, 0.15) is 51.5 Å². The van der Waals surface area contributed by atoms with Crippen LogP contribution in [0.4, 0.5) is 5.69 Å². The minimum Gasteiger partial charge on any atom is -0.368 e. The Morgan fingerprint density at radius 2 is 2.00 bits per heavy atom. The van der Waals surface area contributed by atoms with Gasteiger partial charge in [-0.2, -0.15) is 0 Å². The molecule has 0 amide bonds. The van der Waals surface area contributed by atoms with E-state index in [1.165, 1.54) is 63.8 Å². The molecule has 2 heterocycles. The lowest BCUT2D eigenvalue weighted by Crippen LogP contribution is -2.49. The summed E-state index contributed by atoms with van der Waals surface area (Å²) in [6.45, 7) is 8.41. The van der Waals surface area contributed by atoms with Gasteiger partial charge in [-0.1, -0.05) is 31.5 Å². The molecule has 3 rings (SSSR count). The first-order chi connectivity index (χ1) is 10.2. The van der Waals surface area contributed by atoms with Gasteiger partial charge in [0.05, 0.1) is 0 Å². The summed E-state index contributed by atoms with van der Waals surface area (Å²) in [6, 6.07) is 9.75. The van der Waals surface area contributed by atoms with Gasteiger partial charge in [0.2, 0.25) is 0 Å². The Morgan fingerprint density at radius 3 is 2.76 bits per heavy atom. The van der Waals surface area contributed by atoms with E-state index in [1.807, 2.05) is 0 Å². The van der Waals surface area contributed by atoms with E-state index in [1.54, 1.807) is 5.56 Å². The van der Waals surface area contributed by atoms with Crippen molar-refractivity contribution in [2.24, 2.45) is 5.41 Å². The van der Waals surface area contributed by atoms with E-state index in [0.717, 1.165) is 0 Å². The highest BCUT2D eigenvalue weighted by atomic mass is 15.2. The Morgan fingerprint density at radius 1 is 1.24 bits per heavy atom. The second kappa shape index (κ2) is 6.39. The lowest BCUT2D eigenvalue weighted by Gasteiger charge is -2.46. The second-order valence-corrected chi connectivity index (χ2v) is 7.14. The number of benzene rings is 1. The zero-order valence-electron chi connectivity index (χ0n) is 13.7. The average molecular weight is 286 g/mol. The molecular weight excluding hydrogens is 256 g/mol. The molecule has 0 spiro atoms. The van der Waals surface area contributed by atoms with E-state index >= 15 is 0 Å². The van der Waals surface area contributed by atoms with Crippen molar-refractivity contribution in [1.29, 1.82) is 0 Å². The molecule has 1 aromatic rings. The summed E-state index contributed by atoms with van der Waals surface area (Å²) >= 11 is 0. The zero-order chi connectivity index (χ0) is 14.7. The van der Waals surface area contributed by atoms with E-state index in [0.29, 0.717) is 11.5 Å². The summed E-state index contributed by atoms with van der Waals surface area (Å²) in [5.41, 5.74) is 3.58. The SMILES string of the molecule is CCCC1(CN2c3ccccc3CCC2C)CCNCC1. The summed E-state index contributed by atoms with van der Waals surface area (Å²) in [6.07, 6.45) is 7.91. The number of para-hydroxylation sites is 1. The first kappa shape index (κ1) is 14.9. The van der Waals surface area contributed by atoms with Gasteiger partial charge in [0.1, 0.15) is 0 Å². The van der Waals surface area contributed by atoms with Crippen molar-refractivity contribution in [1.82, 2.24) is 5.32 Å². The van der Waals surface area contributed by atoms with E-state index in [2.05, 4.69) is 48.3 Å². The van der Waals surface area contributed by atoms with Crippen LogP contribution in [0, 0.1) is 5.41 Å². The number of rotatable bonds is 4. The molecule has 1 atom stereocenters. The predicted octanol–water partition coefficient (Wildman–Crippen LogP) is 4.00. The van der Waals surface area contributed by atoms with E-state index in [9.17, 15) is 0 Å². The number of nitrogens with zero attached hydrogens (tertiary/aromatic N) is 1. The lowest BCUT2D eigenvalue weighted by molar-refractivity contribution is 0.183. The van der Waals surface area contributed by atoms with Crippen LogP contribution in [-0.2, 0) is 6.42 Å². The molecule has 0 saturated carbocycles. The maximum Gasteiger partial charge on any atom is 0.0401 e. The fourth-order valence-electron chi connectivity index (χ4n) is 4.34. The minimum absolute atomic E-state index is 0.526. The number of piperidine rings is 1. The normalized spacial score (nSPS) is 24.7. The molecule has 0 aromatic heterocycles. The predicted molar refractivity (Wildman–Crippen MR) is 91.0 cm³/mol. The van der Waals surface area contributed by atoms with Crippen LogP contribution >= 0.6 is 0 Å². The van der Waals surface area contributed by atoms with Crippen LogP contribution in [0.5, 0.6) is 0 Å². The van der Waals surface area contributed by atoms with E-state index in [-0.39, 0.29) is 0 Å². The van der Waals surface area contributed by atoms with Crippen LogP contribution in [0.2, 0.25) is 0 Å². The molecule has 0 radical (unpaired) electrons. The largest absolute Gasteiger partial charge is 0.368 e. The van der Waals surface area contributed by atoms with Gasteiger partial charge >= 0.3 is 0 Å². The Balaban J connectivity index is 1.84. The quantitative estimate of drug-likeness (QED) is 0.900. The number of nitrogens with one attached hydrogen (secondary N) is 1. The average Bonchev–Trinajstić information content (AvgIpc) is 2.51. The number of hydrogen-bond acceptors (Lipinski definition) is 2. The summed E-state index contributed by atoms with van der Waals surface area (Å²) < 4.78 is 0. The molecule has 1 saturated heterocycles. The summed E-state index contributed by atoms with van der Waals surface area (Å²) in [4.78, 5) is 2.72. The Kier molecular flexibility index (Phi) is 4.54. The van der Waals surface area contributed by atoms with Gasteiger partial charge in [-0.3, -0.25) is 0 Å². The molecular formula is C19H30N2. The smallest absolute Gasteiger partial charge is 0.0401 e. The number of fused-ring (bicyclic) bond motifs is 1. The fourth-order valence-corrected chi connectivity index (χ4v) is 4.34. The molecule has 1 fully saturated rings. The van der Waals surface area contributed by atoms with Crippen LogP contribution in [0.3, 0.4) is 0 Å². The van der Waals surface area contributed by atoms with E-state index < -0.39 is 0 Å². The fraction of sp³-hybridized carbons (Fsp3) is 0.684. The van der Waals surface area contributed by atoms with Gasteiger partial charge in [0, 0.05) is 18.3 Å². The molecule has 2 aliphatic rings. The van der Waals surface area contributed by atoms with Gasteiger partial charge in [0.15, 0.2) is 0 Å². The second-order valence-electron chi connectivity index (χ2n) is 7.14. The van der Waals surface area contributed by atoms with Gasteiger partial charge in [0.25, 0.3) is 0 Å². The summed E-state index contributed by atoms with van der Waals surface area (Å²) in [5.74, 6) is 0. The van der Waals surface area contributed by atoms with Crippen LogP contribution in [0.25, 0.3) is 0 Å². The van der Waals surface area contributed by atoms with Crippen LogP contribution in [0.15, 0.2) is 24.3 Å². The van der Waals surface area contributed by atoms with Crippen LogP contribution in [-0.4, -0.2) is 25.7 Å². The summed E-state index contributed by atoms with van der Waals surface area (Å²) in [5, 5.41) is 3.55. The van der Waals surface area contributed by atoms with Crippen molar-refractivity contribution in [3.8, 4) is 0 Å². The van der Waals surface area contributed by atoms with Crippen molar-refractivity contribution >= 4 is 5.69 Å². The van der Waals surface area contributed by atoms with Gasteiger partial charge in [-0.15, -0.1) is 0 Å². The monoisotopic (exact) mass is 286 g/mol. The molecule has 2 aliphatic heterocycles. The summed E-state index contributed by atoms with van der Waals surface area (Å²) in [7, 11) is 0. The van der Waals surface area contributed by atoms with Crippen molar-refractivity contribution in [3.05, 3.63) is 29.8 Å². The Hall–Kier alpha value is -1.02. The molecule has 0 aliphatic carbocycles. The van der Waals surface area contributed by atoms with Crippen molar-refractivity contribution in [2.45, 2.75) is 58.4 Å². The standard InChI is InChI=1S/C19H30N2/c1-3-10-19(11-13-20-14-12-19)15-21-16(2)8-9-17-6-4-5-7-18(17)21/h4-7,16,20H,3,8-15H2,1-2H3. The molecule has 1 aromatic carbocycles. The third-order valence-corrected chi connectivity index (χ3v) is 5.61. The lowest BCUT2D eigenvalue weighted by atomic mass is 9.74. The van der Waals surface area contributed by atoms with Crippen molar-refractivity contribution < 1.29 is 0 Å². The molecule has 0 bridgehead atoms. The van der Waals surface area contributed by atoms with Gasteiger partial charge in [-0.25, -0.2) is 0 Å². The zero-order valence-corrected chi connectivity index (χ0v) is 13.7. The molecule has 2 heteroatoms. The van der Waals surface area contributed by atoms with E-state index in [4.69, 9.17) is 0 Å². The highest BCUT2D eigenvalue weighted by molar-refractivity contribution is 5.56. The maximum atomic E-state index is 3.55. The number of hydrogen-bond donors (Lipinski definition) is 1. The third kappa shape index (κ3) is 3.11. The number of anilines is 1. The van der Waals surface area contributed by atoms with Gasteiger partial charge < -0.3 is 10.2 Å². The highest BCUT2D eigenvalue weighted by Crippen LogP contribution is 2.39. The Labute approximate surface area is 129 Å².